The van der Waals surface area contributed by atoms with Crippen molar-refractivity contribution in [2.75, 3.05) is 55.9 Å². The van der Waals surface area contributed by atoms with Crippen molar-refractivity contribution >= 4 is 23.8 Å². The summed E-state index contributed by atoms with van der Waals surface area (Å²) in [5, 5.41) is 5.76. The SMILES string of the molecule is CNc1nc(N(C)C)nc(N2CCNC(=O)CC2)n1. The highest BCUT2D eigenvalue weighted by molar-refractivity contribution is 5.77. The predicted molar refractivity (Wildman–Crippen MR) is 73.5 cm³/mol. The van der Waals surface area contributed by atoms with Gasteiger partial charge in [0.05, 0.1) is 0 Å². The van der Waals surface area contributed by atoms with Crippen LogP contribution in [-0.4, -0.2) is 61.6 Å². The highest BCUT2D eigenvalue weighted by atomic mass is 16.1. The number of carbonyl (C=O) groups excluding carboxylic acids is 1. The van der Waals surface area contributed by atoms with Gasteiger partial charge in [-0.05, 0) is 0 Å². The minimum atomic E-state index is 0.0678. The molecule has 1 aliphatic heterocycles. The van der Waals surface area contributed by atoms with Gasteiger partial charge in [0.25, 0.3) is 0 Å². The summed E-state index contributed by atoms with van der Waals surface area (Å²) in [4.78, 5) is 28.2. The van der Waals surface area contributed by atoms with E-state index in [0.29, 0.717) is 43.9 Å². The number of rotatable bonds is 3. The number of hydrogen-bond donors (Lipinski definition) is 2. The van der Waals surface area contributed by atoms with Gasteiger partial charge in [-0.1, -0.05) is 0 Å². The summed E-state index contributed by atoms with van der Waals surface area (Å²) >= 11 is 0. The largest absolute Gasteiger partial charge is 0.357 e. The molecule has 1 aromatic rings. The van der Waals surface area contributed by atoms with Crippen molar-refractivity contribution in [3.63, 3.8) is 0 Å². The van der Waals surface area contributed by atoms with Crippen LogP contribution in [0.3, 0.4) is 0 Å². The Morgan fingerprint density at radius 2 is 2.05 bits per heavy atom. The fourth-order valence-electron chi connectivity index (χ4n) is 1.77. The number of anilines is 3. The Kier molecular flexibility index (Phi) is 3.98. The van der Waals surface area contributed by atoms with Crippen LogP contribution in [0.2, 0.25) is 0 Å². The second-order valence-corrected chi connectivity index (χ2v) is 4.49. The van der Waals surface area contributed by atoms with Crippen LogP contribution in [0.1, 0.15) is 6.42 Å². The van der Waals surface area contributed by atoms with Crippen molar-refractivity contribution in [3.8, 4) is 0 Å². The number of amides is 1. The molecule has 8 heteroatoms. The van der Waals surface area contributed by atoms with Crippen molar-refractivity contribution < 1.29 is 4.79 Å². The Balaban J connectivity index is 2.27. The fourth-order valence-corrected chi connectivity index (χ4v) is 1.77. The lowest BCUT2D eigenvalue weighted by molar-refractivity contribution is -0.120. The Morgan fingerprint density at radius 1 is 1.26 bits per heavy atom. The summed E-state index contributed by atoms with van der Waals surface area (Å²) in [6.07, 6.45) is 0.456. The maximum Gasteiger partial charge on any atom is 0.232 e. The molecule has 0 radical (unpaired) electrons. The summed E-state index contributed by atoms with van der Waals surface area (Å²) in [5.41, 5.74) is 0. The van der Waals surface area contributed by atoms with Crippen molar-refractivity contribution in [3.05, 3.63) is 0 Å². The Morgan fingerprint density at radius 3 is 2.74 bits per heavy atom. The number of carbonyl (C=O) groups is 1. The molecule has 1 amide bonds. The van der Waals surface area contributed by atoms with Crippen LogP contribution in [-0.2, 0) is 4.79 Å². The van der Waals surface area contributed by atoms with Crippen molar-refractivity contribution in [1.82, 2.24) is 20.3 Å². The normalized spacial score (nSPS) is 15.7. The van der Waals surface area contributed by atoms with Crippen molar-refractivity contribution in [2.24, 2.45) is 0 Å². The van der Waals surface area contributed by atoms with E-state index < -0.39 is 0 Å². The average Bonchev–Trinajstić information content (AvgIpc) is 2.63. The molecular formula is C11H19N7O. The summed E-state index contributed by atoms with van der Waals surface area (Å²) in [6.45, 7) is 1.92. The van der Waals surface area contributed by atoms with Gasteiger partial charge in [0.2, 0.25) is 23.8 Å². The van der Waals surface area contributed by atoms with Gasteiger partial charge in [-0.2, -0.15) is 15.0 Å². The lowest BCUT2D eigenvalue weighted by Gasteiger charge is -2.21. The topological polar surface area (TPSA) is 86.3 Å². The Bertz CT molecular complexity index is 462. The van der Waals surface area contributed by atoms with E-state index >= 15 is 0 Å². The zero-order valence-electron chi connectivity index (χ0n) is 11.5. The van der Waals surface area contributed by atoms with E-state index in [0.717, 1.165) is 0 Å². The lowest BCUT2D eigenvalue weighted by atomic mass is 10.4. The molecule has 0 aromatic carbocycles. The number of hydrogen-bond acceptors (Lipinski definition) is 7. The zero-order chi connectivity index (χ0) is 13.8. The number of aromatic nitrogens is 3. The van der Waals surface area contributed by atoms with Gasteiger partial charge in [0.1, 0.15) is 0 Å². The van der Waals surface area contributed by atoms with Crippen molar-refractivity contribution in [2.45, 2.75) is 6.42 Å². The molecule has 0 spiro atoms. The van der Waals surface area contributed by atoms with E-state index in [1.807, 2.05) is 23.9 Å². The molecule has 2 N–H and O–H groups in total. The fraction of sp³-hybridized carbons (Fsp3) is 0.636. The first kappa shape index (κ1) is 13.3. The van der Waals surface area contributed by atoms with Gasteiger partial charge >= 0.3 is 0 Å². The zero-order valence-corrected chi connectivity index (χ0v) is 11.5. The first-order chi connectivity index (χ1) is 9.10. The number of nitrogens with one attached hydrogen (secondary N) is 2. The van der Waals surface area contributed by atoms with Gasteiger partial charge < -0.3 is 20.4 Å². The third kappa shape index (κ3) is 3.21. The van der Waals surface area contributed by atoms with Crippen LogP contribution in [0.5, 0.6) is 0 Å². The summed E-state index contributed by atoms with van der Waals surface area (Å²) < 4.78 is 0. The number of nitrogens with zero attached hydrogens (tertiary/aromatic N) is 5. The Hall–Kier alpha value is -2.12. The van der Waals surface area contributed by atoms with E-state index in [9.17, 15) is 4.79 Å². The molecule has 1 aliphatic rings. The molecule has 19 heavy (non-hydrogen) atoms. The van der Waals surface area contributed by atoms with Crippen LogP contribution in [0, 0.1) is 0 Å². The van der Waals surface area contributed by atoms with Gasteiger partial charge in [0.15, 0.2) is 0 Å². The molecule has 1 aromatic heterocycles. The molecule has 0 saturated carbocycles. The first-order valence-corrected chi connectivity index (χ1v) is 6.23. The van der Waals surface area contributed by atoms with E-state index in [-0.39, 0.29) is 5.91 Å². The molecule has 0 atom stereocenters. The Labute approximate surface area is 112 Å². The summed E-state index contributed by atoms with van der Waals surface area (Å²) in [7, 11) is 5.53. The van der Waals surface area contributed by atoms with E-state index in [2.05, 4.69) is 25.6 Å². The minimum Gasteiger partial charge on any atom is -0.357 e. The second kappa shape index (κ2) is 5.68. The molecule has 104 valence electrons. The maximum atomic E-state index is 11.3. The molecular weight excluding hydrogens is 246 g/mol. The highest BCUT2D eigenvalue weighted by Gasteiger charge is 2.18. The van der Waals surface area contributed by atoms with E-state index in [1.165, 1.54) is 0 Å². The molecule has 2 rings (SSSR count). The summed E-state index contributed by atoms with van der Waals surface area (Å²) in [6, 6.07) is 0. The molecule has 8 nitrogen and oxygen atoms in total. The molecule has 1 saturated heterocycles. The van der Waals surface area contributed by atoms with Gasteiger partial charge in [-0.3, -0.25) is 4.79 Å². The van der Waals surface area contributed by atoms with Crippen LogP contribution in [0.4, 0.5) is 17.8 Å². The lowest BCUT2D eigenvalue weighted by Crippen LogP contribution is -2.30. The predicted octanol–water partition coefficient (Wildman–Crippen LogP) is -0.694. The van der Waals surface area contributed by atoms with Crippen LogP contribution < -0.4 is 20.4 Å². The van der Waals surface area contributed by atoms with Gasteiger partial charge in [-0.15, -0.1) is 0 Å². The first-order valence-electron chi connectivity index (χ1n) is 6.23. The standard InChI is InChI=1S/C11H19N7O/c1-12-9-14-10(17(2)3)16-11(15-9)18-6-4-8(19)13-5-7-18/h4-7H2,1-3H3,(H,13,19)(H,12,14,15,16). The second-order valence-electron chi connectivity index (χ2n) is 4.49. The molecule has 0 bridgehead atoms. The molecule has 0 aliphatic carbocycles. The third-order valence-corrected chi connectivity index (χ3v) is 2.83. The van der Waals surface area contributed by atoms with Crippen LogP contribution in [0.25, 0.3) is 0 Å². The smallest absolute Gasteiger partial charge is 0.232 e. The van der Waals surface area contributed by atoms with Gasteiger partial charge in [0, 0.05) is 47.2 Å². The monoisotopic (exact) mass is 265 g/mol. The molecule has 2 heterocycles. The van der Waals surface area contributed by atoms with Crippen molar-refractivity contribution in [1.29, 1.82) is 0 Å². The van der Waals surface area contributed by atoms with Gasteiger partial charge in [-0.25, -0.2) is 0 Å². The molecule has 0 unspecified atom stereocenters. The van der Waals surface area contributed by atoms with Crippen LogP contribution in [0.15, 0.2) is 0 Å². The van der Waals surface area contributed by atoms with E-state index in [1.54, 1.807) is 7.05 Å². The minimum absolute atomic E-state index is 0.0678. The van der Waals surface area contributed by atoms with E-state index in [4.69, 9.17) is 0 Å². The molecule has 1 fully saturated rings. The average molecular weight is 265 g/mol. The summed E-state index contributed by atoms with van der Waals surface area (Å²) in [5.74, 6) is 1.79. The third-order valence-electron chi connectivity index (χ3n) is 2.83. The van der Waals surface area contributed by atoms with Crippen LogP contribution >= 0.6 is 0 Å². The highest BCUT2D eigenvalue weighted by Crippen LogP contribution is 2.15. The quantitative estimate of drug-likeness (QED) is 0.747. The maximum absolute atomic E-state index is 11.3.